The fourth-order valence-corrected chi connectivity index (χ4v) is 1.38. The zero-order chi connectivity index (χ0) is 5.98. The summed E-state index contributed by atoms with van der Waals surface area (Å²) in [6, 6.07) is 6.00. The molecule has 1 aromatic rings. The highest BCUT2D eigenvalue weighted by Crippen LogP contribution is 2.19. The summed E-state index contributed by atoms with van der Waals surface area (Å²) >= 11 is 0. The number of rotatable bonds is 0. The lowest BCUT2D eigenvalue weighted by molar-refractivity contribution is 1.52. The van der Waals surface area contributed by atoms with Gasteiger partial charge in [0.2, 0.25) is 0 Å². The topological polar surface area (TPSA) is 23.8 Å². The van der Waals surface area contributed by atoms with Crippen LogP contribution in [0.1, 0.15) is 10.6 Å². The van der Waals surface area contributed by atoms with Crippen LogP contribution >= 0.6 is 8.19 Å². The van der Waals surface area contributed by atoms with Gasteiger partial charge in [0.25, 0.3) is 0 Å². The van der Waals surface area contributed by atoms with E-state index in [-0.39, 0.29) is 0 Å². The lowest BCUT2D eigenvalue weighted by atomic mass is 10.5. The van der Waals surface area contributed by atoms with Crippen LogP contribution in [0.25, 0.3) is 0 Å². The molecule has 0 fully saturated rings. The quantitative estimate of drug-likeness (QED) is 0.516. The number of nitriles is 1. The molecule has 0 aliphatic heterocycles. The number of hydrogen-bond acceptors (Lipinski definition) is 1. The molecular weight excluding hydrogens is 117 g/mol. The van der Waals surface area contributed by atoms with Gasteiger partial charge in [0.05, 0.1) is 5.30 Å². The van der Waals surface area contributed by atoms with E-state index < -0.39 is 0 Å². The molecule has 1 atom stereocenters. The SMILES string of the molecule is Cc1ccc(C#N)[pH]1. The zero-order valence-corrected chi connectivity index (χ0v) is 5.60. The number of aryl methyl sites for hydroxylation is 1. The molecule has 0 N–H and O–H groups in total. The van der Waals surface area contributed by atoms with Crippen LogP contribution in [0.2, 0.25) is 0 Å². The van der Waals surface area contributed by atoms with Gasteiger partial charge < -0.3 is 0 Å². The Bertz CT molecular complexity index is 219. The molecule has 0 aliphatic carbocycles. The molecule has 0 spiro atoms. The van der Waals surface area contributed by atoms with E-state index in [1.54, 1.807) is 0 Å². The van der Waals surface area contributed by atoms with Crippen molar-refractivity contribution in [3.8, 4) is 6.07 Å². The molecule has 1 heterocycles. The van der Waals surface area contributed by atoms with E-state index in [1.807, 2.05) is 19.1 Å². The summed E-state index contributed by atoms with van der Waals surface area (Å²) in [5.41, 5.74) is 0. The van der Waals surface area contributed by atoms with Crippen LogP contribution in [0, 0.1) is 18.3 Å². The highest BCUT2D eigenvalue weighted by atomic mass is 31.0. The van der Waals surface area contributed by atoms with E-state index in [9.17, 15) is 0 Å². The van der Waals surface area contributed by atoms with Crippen molar-refractivity contribution in [3.63, 3.8) is 0 Å². The van der Waals surface area contributed by atoms with E-state index >= 15 is 0 Å². The van der Waals surface area contributed by atoms with E-state index in [2.05, 4.69) is 6.07 Å². The van der Waals surface area contributed by atoms with Crippen molar-refractivity contribution in [1.82, 2.24) is 0 Å². The minimum absolute atomic E-state index is 0.635. The lowest BCUT2D eigenvalue weighted by Crippen LogP contribution is -1.48. The van der Waals surface area contributed by atoms with Crippen molar-refractivity contribution in [2.45, 2.75) is 6.92 Å². The Morgan fingerprint density at radius 1 is 1.62 bits per heavy atom. The molecule has 0 amide bonds. The first-order chi connectivity index (χ1) is 3.83. The van der Waals surface area contributed by atoms with Crippen molar-refractivity contribution in [2.75, 3.05) is 0 Å². The highest BCUT2D eigenvalue weighted by Gasteiger charge is 1.88. The normalized spacial score (nSPS) is 9.50. The Kier molecular flexibility index (Phi) is 1.37. The smallest absolute Gasteiger partial charge is 0.103 e. The third-order valence-electron chi connectivity index (χ3n) is 0.952. The molecule has 0 saturated heterocycles. The fourth-order valence-electron chi connectivity index (χ4n) is 0.569. The molecule has 0 saturated carbocycles. The summed E-state index contributed by atoms with van der Waals surface area (Å²) in [6.07, 6.45) is 0. The second kappa shape index (κ2) is 2.03. The second-order valence-corrected chi connectivity index (χ2v) is 3.24. The monoisotopic (exact) mass is 123 g/mol. The van der Waals surface area contributed by atoms with E-state index in [1.165, 1.54) is 5.30 Å². The first-order valence-corrected chi connectivity index (χ1v) is 3.38. The molecule has 1 unspecified atom stereocenters. The van der Waals surface area contributed by atoms with Crippen LogP contribution in [0.3, 0.4) is 0 Å². The molecule has 1 aromatic heterocycles. The Balaban J connectivity index is 3.05. The second-order valence-electron chi connectivity index (χ2n) is 1.67. The van der Waals surface area contributed by atoms with Crippen LogP contribution < -0.4 is 0 Å². The highest BCUT2D eigenvalue weighted by molar-refractivity contribution is 7.32. The van der Waals surface area contributed by atoms with Crippen LogP contribution in [-0.2, 0) is 0 Å². The Morgan fingerprint density at radius 3 is 2.62 bits per heavy atom. The van der Waals surface area contributed by atoms with Crippen molar-refractivity contribution < 1.29 is 0 Å². The van der Waals surface area contributed by atoms with Gasteiger partial charge in [-0.1, -0.05) is 6.07 Å². The van der Waals surface area contributed by atoms with Crippen molar-refractivity contribution in [2.24, 2.45) is 0 Å². The molecule has 1 rings (SSSR count). The molecule has 0 bridgehead atoms. The first-order valence-electron chi connectivity index (χ1n) is 2.38. The van der Waals surface area contributed by atoms with E-state index in [0.29, 0.717) is 8.19 Å². The molecule has 1 nitrogen and oxygen atoms in total. The molecule has 0 aliphatic rings. The Labute approximate surface area is 50.0 Å². The van der Waals surface area contributed by atoms with Crippen LogP contribution in [0.15, 0.2) is 12.1 Å². The van der Waals surface area contributed by atoms with Gasteiger partial charge in [-0.25, -0.2) is 0 Å². The minimum atomic E-state index is 0.635. The van der Waals surface area contributed by atoms with Gasteiger partial charge in [-0.05, 0) is 18.3 Å². The van der Waals surface area contributed by atoms with Gasteiger partial charge in [-0.15, -0.1) is 8.19 Å². The summed E-state index contributed by atoms with van der Waals surface area (Å²) in [5.74, 6) is 0. The average Bonchev–Trinajstić information content (AvgIpc) is 2.14. The Morgan fingerprint density at radius 2 is 2.38 bits per heavy atom. The van der Waals surface area contributed by atoms with Crippen LogP contribution in [0.4, 0.5) is 0 Å². The molecular formula is C6H6NP. The fraction of sp³-hybridized carbons (Fsp3) is 0.167. The molecule has 2 heteroatoms. The molecule has 0 radical (unpaired) electrons. The summed E-state index contributed by atoms with van der Waals surface area (Å²) in [6.45, 7) is 2.04. The maximum absolute atomic E-state index is 8.34. The third-order valence-corrected chi connectivity index (χ3v) is 2.06. The average molecular weight is 123 g/mol. The van der Waals surface area contributed by atoms with Gasteiger partial charge in [0.15, 0.2) is 0 Å². The minimum Gasteiger partial charge on any atom is -0.192 e. The van der Waals surface area contributed by atoms with Gasteiger partial charge in [-0.2, -0.15) is 5.26 Å². The summed E-state index contributed by atoms with van der Waals surface area (Å²) in [4.78, 5) is 0. The van der Waals surface area contributed by atoms with Gasteiger partial charge in [0, 0.05) is 0 Å². The largest absolute Gasteiger partial charge is 0.192 e. The molecule has 0 aromatic carbocycles. The summed E-state index contributed by atoms with van der Waals surface area (Å²) in [5, 5.41) is 10.6. The van der Waals surface area contributed by atoms with Crippen LogP contribution in [-0.4, -0.2) is 0 Å². The lowest BCUT2D eigenvalue weighted by Gasteiger charge is -1.71. The molecule has 40 valence electrons. The third kappa shape index (κ3) is 0.911. The van der Waals surface area contributed by atoms with Gasteiger partial charge in [0.1, 0.15) is 6.07 Å². The molecule has 8 heavy (non-hydrogen) atoms. The van der Waals surface area contributed by atoms with Crippen LogP contribution in [0.5, 0.6) is 0 Å². The van der Waals surface area contributed by atoms with Crippen molar-refractivity contribution in [1.29, 1.82) is 5.26 Å². The maximum atomic E-state index is 8.34. The maximum Gasteiger partial charge on any atom is 0.103 e. The van der Waals surface area contributed by atoms with E-state index in [4.69, 9.17) is 5.26 Å². The number of nitrogens with zero attached hydrogens (tertiary/aromatic N) is 1. The summed E-state index contributed by atoms with van der Waals surface area (Å²) < 4.78 is 0. The number of hydrogen-bond donors (Lipinski definition) is 0. The predicted octanol–water partition coefficient (Wildman–Crippen LogP) is 1.90. The summed E-state index contributed by atoms with van der Waals surface area (Å²) in [7, 11) is 0.635. The first kappa shape index (κ1) is 5.41. The van der Waals surface area contributed by atoms with Gasteiger partial charge in [-0.3, -0.25) is 0 Å². The van der Waals surface area contributed by atoms with Crippen molar-refractivity contribution in [3.05, 3.63) is 22.7 Å². The zero-order valence-electron chi connectivity index (χ0n) is 4.60. The van der Waals surface area contributed by atoms with Gasteiger partial charge >= 0.3 is 0 Å². The van der Waals surface area contributed by atoms with Crippen molar-refractivity contribution >= 4 is 8.19 Å². The van der Waals surface area contributed by atoms with E-state index in [0.717, 1.165) is 5.30 Å². The Hall–Kier alpha value is -0.730. The predicted molar refractivity (Wildman–Crippen MR) is 35.4 cm³/mol. The standard InChI is InChI=1S/C6H6NP/c1-5-2-3-6(4-7)8-5/h2-3,8H,1H3.